The van der Waals surface area contributed by atoms with E-state index < -0.39 is 0 Å². The van der Waals surface area contributed by atoms with Crippen molar-refractivity contribution in [1.82, 2.24) is 0 Å². The molecule has 0 amide bonds. The zero-order valence-corrected chi connectivity index (χ0v) is 30.5. The van der Waals surface area contributed by atoms with Crippen LogP contribution in [0.2, 0.25) is 0 Å². The van der Waals surface area contributed by atoms with Crippen LogP contribution in [-0.2, 0) is 12.8 Å². The second kappa shape index (κ2) is 12.8. The lowest BCUT2D eigenvalue weighted by Gasteiger charge is -2.14. The molecule has 0 spiro atoms. The molecule has 250 valence electrons. The van der Waals surface area contributed by atoms with Gasteiger partial charge in [-0.1, -0.05) is 84.9 Å². The van der Waals surface area contributed by atoms with Crippen molar-refractivity contribution in [2.75, 3.05) is 11.5 Å². The van der Waals surface area contributed by atoms with Crippen LogP contribution in [0.15, 0.2) is 94.9 Å². The Hall–Kier alpha value is -5.48. The molecule has 0 saturated heterocycles. The maximum absolute atomic E-state index is 6.25. The van der Waals surface area contributed by atoms with Gasteiger partial charge in [0.25, 0.3) is 0 Å². The van der Waals surface area contributed by atoms with Crippen LogP contribution in [0.1, 0.15) is 77.9 Å². The highest BCUT2D eigenvalue weighted by molar-refractivity contribution is 6.61. The summed E-state index contributed by atoms with van der Waals surface area (Å²) in [5, 5.41) is 2.42. The Bertz CT molecular complexity index is 2170. The van der Waals surface area contributed by atoms with Crippen molar-refractivity contribution in [2.24, 2.45) is 9.98 Å². The summed E-state index contributed by atoms with van der Waals surface area (Å²) in [7, 11) is 0. The van der Waals surface area contributed by atoms with Gasteiger partial charge in [0.2, 0.25) is 0 Å². The van der Waals surface area contributed by atoms with Gasteiger partial charge in [0.15, 0.2) is 0 Å². The summed E-state index contributed by atoms with van der Waals surface area (Å²) >= 11 is 0. The molecule has 7 rings (SSSR count). The molecule has 0 unspecified atom stereocenters. The molecule has 0 bridgehead atoms. The molecule has 4 N–H and O–H groups in total. The molecule has 0 atom stereocenters. The number of nitrogen functional groups attached to an aromatic ring is 2. The minimum absolute atomic E-state index is 0.851. The van der Waals surface area contributed by atoms with E-state index in [0.29, 0.717) is 0 Å². The highest BCUT2D eigenvalue weighted by Gasteiger charge is 2.28. The minimum atomic E-state index is 0.851. The molecule has 0 saturated carbocycles. The van der Waals surface area contributed by atoms with Crippen molar-refractivity contribution in [3.8, 4) is 0 Å². The van der Waals surface area contributed by atoms with E-state index in [0.717, 1.165) is 103 Å². The van der Waals surface area contributed by atoms with Gasteiger partial charge in [-0.05, 0) is 140 Å². The number of benzene rings is 6. The molecule has 0 radical (unpaired) electrons. The SMILES string of the molecule is Cc1cc(Cc2cc(C)c(N=C3C(=Nc4c(C)cc(Cc5cc(C)c(N)c(C)c5)cc4C)c4cccc5cccc3c45)c(C)c2)cc(C)c1N. The summed E-state index contributed by atoms with van der Waals surface area (Å²) in [5.74, 6) is 0. The lowest BCUT2D eigenvalue weighted by molar-refractivity contribution is 1.15. The molecule has 0 aromatic heterocycles. The highest BCUT2D eigenvalue weighted by Crippen LogP contribution is 2.37. The Morgan fingerprint density at radius 2 is 0.720 bits per heavy atom. The van der Waals surface area contributed by atoms with Crippen LogP contribution in [0, 0.1) is 55.4 Å². The molecule has 0 heterocycles. The summed E-state index contributed by atoms with van der Waals surface area (Å²) in [6.07, 6.45) is 1.70. The third-order valence-corrected chi connectivity index (χ3v) is 10.3. The van der Waals surface area contributed by atoms with Gasteiger partial charge in [0, 0.05) is 27.9 Å². The topological polar surface area (TPSA) is 76.8 Å². The zero-order valence-electron chi connectivity index (χ0n) is 30.5. The number of nitrogens with two attached hydrogens (primary N) is 2. The summed E-state index contributed by atoms with van der Waals surface area (Å²) in [6, 6.07) is 31.0. The Balaban J connectivity index is 1.31. The molecule has 1 aliphatic carbocycles. The van der Waals surface area contributed by atoms with Gasteiger partial charge < -0.3 is 11.5 Å². The number of hydrogen-bond acceptors (Lipinski definition) is 4. The number of aryl methyl sites for hydroxylation is 8. The van der Waals surface area contributed by atoms with Gasteiger partial charge in [-0.25, -0.2) is 9.98 Å². The summed E-state index contributed by atoms with van der Waals surface area (Å²) < 4.78 is 0. The van der Waals surface area contributed by atoms with E-state index in [9.17, 15) is 0 Å². The van der Waals surface area contributed by atoms with Crippen LogP contribution in [0.25, 0.3) is 10.8 Å². The fraction of sp³-hybridized carbons (Fsp3) is 0.217. The molecule has 4 nitrogen and oxygen atoms in total. The molecule has 50 heavy (non-hydrogen) atoms. The average molecular weight is 655 g/mol. The number of rotatable bonds is 6. The Kier molecular flexibility index (Phi) is 8.43. The standard InChI is InChI=1S/C46H46N4/c1-25-15-33(16-26(2)41(25)47)23-35-19-29(5)43(30(6)20-35)49-45-38-13-9-11-37-12-10-14-39(40(37)38)46(45)50-44-31(7)21-36(22-32(44)8)24-34-17-27(3)42(48)28(4)18-34/h9-22H,23-24,47-48H2,1-8H3. The van der Waals surface area contributed by atoms with E-state index in [1.165, 1.54) is 33.0 Å². The van der Waals surface area contributed by atoms with E-state index in [2.05, 4.69) is 140 Å². The van der Waals surface area contributed by atoms with E-state index >= 15 is 0 Å². The van der Waals surface area contributed by atoms with E-state index in [1.54, 1.807) is 0 Å². The number of nitrogens with zero attached hydrogens (tertiary/aromatic N) is 2. The first-order chi connectivity index (χ1) is 23.9. The van der Waals surface area contributed by atoms with E-state index in [-0.39, 0.29) is 0 Å². The fourth-order valence-electron chi connectivity index (χ4n) is 7.89. The Labute approximate surface area is 296 Å². The molecular formula is C46H46N4. The monoisotopic (exact) mass is 654 g/mol. The van der Waals surface area contributed by atoms with Gasteiger partial charge in [-0.3, -0.25) is 0 Å². The third-order valence-electron chi connectivity index (χ3n) is 10.3. The number of aliphatic imine (C=N–C) groups is 2. The molecule has 1 aliphatic rings. The maximum Gasteiger partial charge on any atom is 0.0979 e. The largest absolute Gasteiger partial charge is 0.398 e. The van der Waals surface area contributed by atoms with Crippen molar-refractivity contribution < 1.29 is 0 Å². The third kappa shape index (κ3) is 6.00. The lowest BCUT2D eigenvalue weighted by Crippen LogP contribution is -2.11. The minimum Gasteiger partial charge on any atom is -0.398 e. The number of anilines is 2. The molecule has 0 fully saturated rings. The predicted octanol–water partition coefficient (Wildman–Crippen LogP) is 10.9. The second-order valence-electron chi connectivity index (χ2n) is 14.4. The van der Waals surface area contributed by atoms with Crippen molar-refractivity contribution in [1.29, 1.82) is 0 Å². The summed E-state index contributed by atoms with van der Waals surface area (Å²) in [4.78, 5) is 11.0. The molecule has 4 heteroatoms. The lowest BCUT2D eigenvalue weighted by atomic mass is 9.96. The highest BCUT2D eigenvalue weighted by atomic mass is 14.8. The fourth-order valence-corrected chi connectivity index (χ4v) is 7.89. The van der Waals surface area contributed by atoms with Crippen LogP contribution in [0.4, 0.5) is 22.7 Å². The smallest absolute Gasteiger partial charge is 0.0979 e. The molecule has 6 aromatic rings. The first kappa shape index (κ1) is 33.0. The number of hydrogen-bond donors (Lipinski definition) is 2. The van der Waals surface area contributed by atoms with Crippen LogP contribution in [0.5, 0.6) is 0 Å². The van der Waals surface area contributed by atoms with Gasteiger partial charge >= 0.3 is 0 Å². The van der Waals surface area contributed by atoms with Gasteiger partial charge in [0.05, 0.1) is 22.8 Å². The van der Waals surface area contributed by atoms with Gasteiger partial charge in [-0.15, -0.1) is 0 Å². The van der Waals surface area contributed by atoms with Crippen molar-refractivity contribution >= 4 is 44.9 Å². The zero-order chi connectivity index (χ0) is 35.4. The van der Waals surface area contributed by atoms with Gasteiger partial charge in [-0.2, -0.15) is 0 Å². The van der Waals surface area contributed by atoms with Crippen molar-refractivity contribution in [3.05, 3.63) is 163 Å². The quantitative estimate of drug-likeness (QED) is 0.175. The van der Waals surface area contributed by atoms with Gasteiger partial charge in [0.1, 0.15) is 0 Å². The first-order valence-electron chi connectivity index (χ1n) is 17.5. The first-order valence-corrected chi connectivity index (χ1v) is 17.5. The molecule has 0 aliphatic heterocycles. The second-order valence-corrected chi connectivity index (χ2v) is 14.4. The van der Waals surface area contributed by atoms with Crippen LogP contribution in [0.3, 0.4) is 0 Å². The van der Waals surface area contributed by atoms with E-state index in [4.69, 9.17) is 21.5 Å². The van der Waals surface area contributed by atoms with Crippen molar-refractivity contribution in [3.63, 3.8) is 0 Å². The average Bonchev–Trinajstić information content (AvgIpc) is 3.35. The van der Waals surface area contributed by atoms with E-state index in [1.807, 2.05) is 0 Å². The van der Waals surface area contributed by atoms with Crippen LogP contribution >= 0.6 is 0 Å². The van der Waals surface area contributed by atoms with Crippen molar-refractivity contribution in [2.45, 2.75) is 68.2 Å². The maximum atomic E-state index is 6.25. The summed E-state index contributed by atoms with van der Waals surface area (Å²) in [5.41, 5.74) is 34.6. The van der Waals surface area contributed by atoms with Crippen LogP contribution in [-0.4, -0.2) is 11.4 Å². The summed E-state index contributed by atoms with van der Waals surface area (Å²) in [6.45, 7) is 17.0. The Morgan fingerprint density at radius 1 is 0.420 bits per heavy atom. The normalized spacial score (nSPS) is 14.0. The molecule has 6 aromatic carbocycles. The Morgan fingerprint density at radius 3 is 1.04 bits per heavy atom. The predicted molar refractivity (Wildman–Crippen MR) is 214 cm³/mol. The molecular weight excluding hydrogens is 609 g/mol. The van der Waals surface area contributed by atoms with Crippen LogP contribution < -0.4 is 11.5 Å².